The molecule has 0 heterocycles. The number of rotatable bonds is 5. The van der Waals surface area contributed by atoms with Gasteiger partial charge in [-0.3, -0.25) is 0 Å². The lowest BCUT2D eigenvalue weighted by Gasteiger charge is -2.35. The lowest BCUT2D eigenvalue weighted by Crippen LogP contribution is -2.39. The van der Waals surface area contributed by atoms with E-state index in [0.717, 1.165) is 32.4 Å². The van der Waals surface area contributed by atoms with E-state index in [1.807, 2.05) is 0 Å². The van der Waals surface area contributed by atoms with Gasteiger partial charge in [0.05, 0.1) is 11.5 Å². The van der Waals surface area contributed by atoms with E-state index in [4.69, 9.17) is 0 Å². The van der Waals surface area contributed by atoms with Gasteiger partial charge in [-0.05, 0) is 63.3 Å². The molecule has 1 aliphatic rings. The zero-order valence-electron chi connectivity index (χ0n) is 12.3. The minimum absolute atomic E-state index is 0.0582. The van der Waals surface area contributed by atoms with Crippen molar-refractivity contribution in [1.29, 1.82) is 5.26 Å². The summed E-state index contributed by atoms with van der Waals surface area (Å²) in [7, 11) is 0. The van der Waals surface area contributed by atoms with E-state index in [-0.39, 0.29) is 5.41 Å². The van der Waals surface area contributed by atoms with Gasteiger partial charge in [-0.1, -0.05) is 24.1 Å². The number of benzene rings is 1. The van der Waals surface area contributed by atoms with Crippen molar-refractivity contribution in [3.8, 4) is 6.07 Å². The number of nitrogens with one attached hydrogen (secondary N) is 1. The van der Waals surface area contributed by atoms with Crippen LogP contribution in [0, 0.1) is 37.5 Å². The highest BCUT2D eigenvalue weighted by Crippen LogP contribution is 2.39. The molecule has 1 fully saturated rings. The first kappa shape index (κ1) is 14.1. The molecule has 19 heavy (non-hydrogen) atoms. The second kappa shape index (κ2) is 5.75. The fourth-order valence-corrected chi connectivity index (χ4v) is 3.08. The first-order chi connectivity index (χ1) is 9.06. The second-order valence-corrected chi connectivity index (χ2v) is 6.05. The maximum atomic E-state index is 9.18. The molecule has 0 aliphatic heterocycles. The molecule has 2 heteroatoms. The Bertz CT molecular complexity index is 469. The van der Waals surface area contributed by atoms with Gasteiger partial charge in [-0.2, -0.15) is 5.26 Å². The van der Waals surface area contributed by atoms with E-state index < -0.39 is 0 Å². The Hall–Kier alpha value is -1.33. The van der Waals surface area contributed by atoms with Crippen molar-refractivity contribution in [3.05, 3.63) is 34.4 Å². The van der Waals surface area contributed by atoms with E-state index in [9.17, 15) is 5.26 Å². The first-order valence-corrected chi connectivity index (χ1v) is 7.25. The highest BCUT2D eigenvalue weighted by molar-refractivity contribution is 5.37. The standard InChI is InChI=1S/C17H24N2/c1-13-9-14(2)16(15(3)10-13)5-8-19-12-17(11-18)6-4-7-17/h9-10,19H,4-8,12H2,1-3H3. The van der Waals surface area contributed by atoms with Gasteiger partial charge in [-0.15, -0.1) is 0 Å². The molecule has 102 valence electrons. The highest BCUT2D eigenvalue weighted by atomic mass is 14.9. The zero-order chi connectivity index (χ0) is 13.9. The summed E-state index contributed by atoms with van der Waals surface area (Å²) < 4.78 is 0. The SMILES string of the molecule is Cc1cc(C)c(CCNCC2(C#N)CCC2)c(C)c1. The van der Waals surface area contributed by atoms with Crippen LogP contribution < -0.4 is 5.32 Å². The zero-order valence-corrected chi connectivity index (χ0v) is 12.3. The predicted octanol–water partition coefficient (Wildman–Crippen LogP) is 3.44. The Labute approximate surface area is 116 Å². The normalized spacial score (nSPS) is 16.7. The molecular weight excluding hydrogens is 232 g/mol. The quantitative estimate of drug-likeness (QED) is 0.819. The number of hydrogen-bond donors (Lipinski definition) is 1. The Balaban J connectivity index is 1.85. The van der Waals surface area contributed by atoms with Crippen LogP contribution in [0.3, 0.4) is 0 Å². The third-order valence-electron chi connectivity index (χ3n) is 4.40. The van der Waals surface area contributed by atoms with Gasteiger partial charge in [0.2, 0.25) is 0 Å². The van der Waals surface area contributed by atoms with E-state index >= 15 is 0 Å². The van der Waals surface area contributed by atoms with Crippen LogP contribution in [-0.2, 0) is 6.42 Å². The summed E-state index contributed by atoms with van der Waals surface area (Å²) in [5.41, 5.74) is 5.51. The molecule has 0 amide bonds. The Kier molecular flexibility index (Phi) is 4.27. The fraction of sp³-hybridized carbons (Fsp3) is 0.588. The van der Waals surface area contributed by atoms with Gasteiger partial charge in [0, 0.05) is 6.54 Å². The topological polar surface area (TPSA) is 35.8 Å². The summed E-state index contributed by atoms with van der Waals surface area (Å²) in [5, 5.41) is 12.7. The lowest BCUT2D eigenvalue weighted by atomic mass is 9.70. The van der Waals surface area contributed by atoms with E-state index in [1.54, 1.807) is 0 Å². The summed E-state index contributed by atoms with van der Waals surface area (Å²) in [4.78, 5) is 0. The third kappa shape index (κ3) is 3.16. The van der Waals surface area contributed by atoms with Crippen molar-refractivity contribution in [2.24, 2.45) is 5.41 Å². The average molecular weight is 256 g/mol. The minimum atomic E-state index is -0.0582. The molecule has 2 nitrogen and oxygen atoms in total. The highest BCUT2D eigenvalue weighted by Gasteiger charge is 2.36. The number of aryl methyl sites for hydroxylation is 3. The maximum Gasteiger partial charge on any atom is 0.0703 e. The molecule has 0 radical (unpaired) electrons. The molecule has 0 bridgehead atoms. The van der Waals surface area contributed by atoms with Gasteiger partial charge in [0.25, 0.3) is 0 Å². The second-order valence-electron chi connectivity index (χ2n) is 6.05. The predicted molar refractivity (Wildman–Crippen MR) is 79.1 cm³/mol. The molecule has 1 aromatic carbocycles. The molecule has 1 aromatic rings. The van der Waals surface area contributed by atoms with Crippen molar-refractivity contribution in [2.75, 3.05) is 13.1 Å². The number of nitrogens with zero attached hydrogens (tertiary/aromatic N) is 1. The van der Waals surface area contributed by atoms with Crippen molar-refractivity contribution >= 4 is 0 Å². The Morgan fingerprint density at radius 2 is 1.84 bits per heavy atom. The van der Waals surface area contributed by atoms with Crippen LogP contribution in [-0.4, -0.2) is 13.1 Å². The summed E-state index contributed by atoms with van der Waals surface area (Å²) in [6.45, 7) is 8.35. The van der Waals surface area contributed by atoms with Gasteiger partial charge in [-0.25, -0.2) is 0 Å². The molecule has 0 unspecified atom stereocenters. The molecule has 1 aliphatic carbocycles. The van der Waals surface area contributed by atoms with E-state index in [1.165, 1.54) is 28.7 Å². The number of hydrogen-bond acceptors (Lipinski definition) is 2. The van der Waals surface area contributed by atoms with Crippen LogP contribution in [0.15, 0.2) is 12.1 Å². The molecule has 2 rings (SSSR count). The molecule has 0 saturated heterocycles. The van der Waals surface area contributed by atoms with Crippen LogP contribution in [0.25, 0.3) is 0 Å². The van der Waals surface area contributed by atoms with Gasteiger partial charge < -0.3 is 5.32 Å². The molecular formula is C17H24N2. The van der Waals surface area contributed by atoms with Crippen LogP contribution >= 0.6 is 0 Å². The monoisotopic (exact) mass is 256 g/mol. The Morgan fingerprint density at radius 1 is 1.21 bits per heavy atom. The van der Waals surface area contributed by atoms with E-state index in [2.05, 4.69) is 44.3 Å². The summed E-state index contributed by atoms with van der Waals surface area (Å²) in [6, 6.07) is 6.99. The van der Waals surface area contributed by atoms with Crippen molar-refractivity contribution in [2.45, 2.75) is 46.5 Å². The first-order valence-electron chi connectivity index (χ1n) is 7.25. The maximum absolute atomic E-state index is 9.18. The van der Waals surface area contributed by atoms with Crippen molar-refractivity contribution in [1.82, 2.24) is 5.32 Å². The largest absolute Gasteiger partial charge is 0.315 e. The molecule has 0 aromatic heterocycles. The lowest BCUT2D eigenvalue weighted by molar-refractivity contribution is 0.208. The summed E-state index contributed by atoms with van der Waals surface area (Å²) in [6.07, 6.45) is 4.41. The summed E-state index contributed by atoms with van der Waals surface area (Å²) in [5.74, 6) is 0. The van der Waals surface area contributed by atoms with Crippen LogP contribution in [0.5, 0.6) is 0 Å². The van der Waals surface area contributed by atoms with Gasteiger partial charge in [0.15, 0.2) is 0 Å². The van der Waals surface area contributed by atoms with Crippen LogP contribution in [0.4, 0.5) is 0 Å². The molecule has 0 spiro atoms. The van der Waals surface area contributed by atoms with Gasteiger partial charge in [0.1, 0.15) is 0 Å². The van der Waals surface area contributed by atoms with Gasteiger partial charge >= 0.3 is 0 Å². The summed E-state index contributed by atoms with van der Waals surface area (Å²) >= 11 is 0. The smallest absolute Gasteiger partial charge is 0.0703 e. The minimum Gasteiger partial charge on any atom is -0.315 e. The molecule has 1 saturated carbocycles. The van der Waals surface area contributed by atoms with E-state index in [0.29, 0.717) is 0 Å². The molecule has 0 atom stereocenters. The fourth-order valence-electron chi connectivity index (χ4n) is 3.08. The van der Waals surface area contributed by atoms with Crippen molar-refractivity contribution < 1.29 is 0 Å². The van der Waals surface area contributed by atoms with Crippen LogP contribution in [0.2, 0.25) is 0 Å². The van der Waals surface area contributed by atoms with Crippen molar-refractivity contribution in [3.63, 3.8) is 0 Å². The third-order valence-corrected chi connectivity index (χ3v) is 4.40. The van der Waals surface area contributed by atoms with Crippen LogP contribution in [0.1, 0.15) is 41.5 Å². The molecule has 1 N–H and O–H groups in total. The average Bonchev–Trinajstić information content (AvgIpc) is 2.29. The Morgan fingerprint density at radius 3 is 2.32 bits per heavy atom. The number of nitriles is 1.